The number of anilines is 1. The van der Waals surface area contributed by atoms with E-state index in [9.17, 15) is 14.4 Å². The minimum absolute atomic E-state index is 0.0242. The number of aryl methyl sites for hydroxylation is 1. The molecule has 0 aromatic carbocycles. The first-order valence-electron chi connectivity index (χ1n) is 5.49. The maximum absolute atomic E-state index is 11.9. The van der Waals surface area contributed by atoms with Crippen LogP contribution in [0.15, 0.2) is 9.59 Å². The van der Waals surface area contributed by atoms with Gasteiger partial charge in [-0.2, -0.15) is 0 Å². The van der Waals surface area contributed by atoms with Crippen molar-refractivity contribution in [2.45, 2.75) is 13.3 Å². The van der Waals surface area contributed by atoms with E-state index in [0.29, 0.717) is 13.0 Å². The summed E-state index contributed by atoms with van der Waals surface area (Å²) in [5, 5.41) is 12.6. The van der Waals surface area contributed by atoms with Crippen LogP contribution in [-0.2, 0) is 18.9 Å². The highest BCUT2D eigenvalue weighted by molar-refractivity contribution is 5.72. The van der Waals surface area contributed by atoms with Crippen molar-refractivity contribution in [3.05, 3.63) is 20.8 Å². The molecule has 0 aliphatic carbocycles. The number of carboxylic acid groups (broad SMARTS) is 1. The van der Waals surface area contributed by atoms with E-state index in [1.54, 1.807) is 0 Å². The Bertz CT molecular complexity index is 560. The Labute approximate surface area is 103 Å². The molecule has 0 radical (unpaired) electrons. The molecule has 1 aromatic rings. The van der Waals surface area contributed by atoms with Crippen LogP contribution in [0, 0.1) is 0 Å². The normalized spacial score (nSPS) is 10.4. The molecule has 8 heteroatoms. The highest BCUT2D eigenvalue weighted by atomic mass is 16.4. The molecule has 0 aliphatic heterocycles. The zero-order chi connectivity index (χ0) is 13.9. The summed E-state index contributed by atoms with van der Waals surface area (Å²) in [5.41, 5.74) is -1.14. The van der Waals surface area contributed by atoms with Crippen LogP contribution >= 0.6 is 0 Å². The van der Waals surface area contributed by atoms with E-state index >= 15 is 0 Å². The van der Waals surface area contributed by atoms with Gasteiger partial charge in [0.2, 0.25) is 5.82 Å². The molecule has 1 aromatic heterocycles. The van der Waals surface area contributed by atoms with Gasteiger partial charge in [-0.3, -0.25) is 14.2 Å². The number of aromatic nitrogens is 3. The number of aliphatic carboxylic acids is 1. The van der Waals surface area contributed by atoms with Crippen LogP contribution in [-0.4, -0.2) is 38.5 Å². The maximum Gasteiger partial charge on any atom is 0.346 e. The van der Waals surface area contributed by atoms with Crippen LogP contribution in [0.2, 0.25) is 0 Å². The first-order chi connectivity index (χ1) is 8.38. The molecule has 8 nitrogen and oxygen atoms in total. The summed E-state index contributed by atoms with van der Waals surface area (Å²) in [7, 11) is 2.75. The molecule has 1 heterocycles. The van der Waals surface area contributed by atoms with Gasteiger partial charge in [0.1, 0.15) is 6.54 Å². The quantitative estimate of drug-likeness (QED) is 0.709. The number of rotatable bonds is 5. The maximum atomic E-state index is 11.9. The Morgan fingerprint density at radius 2 is 2.00 bits per heavy atom. The van der Waals surface area contributed by atoms with Crippen LogP contribution < -0.4 is 16.1 Å². The summed E-state index contributed by atoms with van der Waals surface area (Å²) in [6.07, 6.45) is 0.668. The highest BCUT2D eigenvalue weighted by Crippen LogP contribution is 2.02. The first kappa shape index (κ1) is 13.9. The molecule has 0 saturated heterocycles. The molecule has 0 amide bonds. The van der Waals surface area contributed by atoms with Gasteiger partial charge in [0.25, 0.3) is 5.56 Å². The Balaban J connectivity index is 3.32. The third-order valence-electron chi connectivity index (χ3n) is 2.42. The molecule has 0 unspecified atom stereocenters. The van der Waals surface area contributed by atoms with E-state index in [2.05, 4.69) is 5.10 Å². The molecular weight excluding hydrogens is 240 g/mol. The second-order valence-corrected chi connectivity index (χ2v) is 3.91. The Morgan fingerprint density at radius 1 is 1.39 bits per heavy atom. The fourth-order valence-electron chi connectivity index (χ4n) is 1.57. The van der Waals surface area contributed by atoms with Crippen molar-refractivity contribution in [2.75, 3.05) is 18.0 Å². The lowest BCUT2D eigenvalue weighted by Gasteiger charge is -2.20. The molecular formula is C10H16N4O4. The molecule has 1 rings (SSSR count). The van der Waals surface area contributed by atoms with E-state index in [0.717, 1.165) is 9.25 Å². The number of carboxylic acids is 1. The van der Waals surface area contributed by atoms with E-state index in [1.165, 1.54) is 19.0 Å². The minimum atomic E-state index is -1.05. The van der Waals surface area contributed by atoms with Gasteiger partial charge in [-0.1, -0.05) is 6.92 Å². The zero-order valence-electron chi connectivity index (χ0n) is 10.6. The second-order valence-electron chi connectivity index (χ2n) is 3.91. The summed E-state index contributed by atoms with van der Waals surface area (Å²) in [6, 6.07) is 0. The molecule has 0 bridgehead atoms. The van der Waals surface area contributed by atoms with E-state index in [1.807, 2.05) is 6.92 Å². The van der Waals surface area contributed by atoms with Gasteiger partial charge in [0.05, 0.1) is 0 Å². The summed E-state index contributed by atoms with van der Waals surface area (Å²) in [5.74, 6) is -1.08. The summed E-state index contributed by atoms with van der Waals surface area (Å²) < 4.78 is 1.92. The first-order valence-corrected chi connectivity index (χ1v) is 5.49. The predicted octanol–water partition coefficient (Wildman–Crippen LogP) is -1.22. The van der Waals surface area contributed by atoms with Gasteiger partial charge < -0.3 is 10.0 Å². The molecule has 100 valence electrons. The van der Waals surface area contributed by atoms with Gasteiger partial charge >= 0.3 is 11.7 Å². The van der Waals surface area contributed by atoms with Crippen LogP contribution in [0.1, 0.15) is 13.3 Å². The molecule has 0 atom stereocenters. The lowest BCUT2D eigenvalue weighted by Crippen LogP contribution is -2.44. The predicted molar refractivity (Wildman–Crippen MR) is 64.9 cm³/mol. The van der Waals surface area contributed by atoms with Gasteiger partial charge in [0.15, 0.2) is 0 Å². The number of hydrogen-bond acceptors (Lipinski definition) is 5. The molecule has 0 saturated carbocycles. The van der Waals surface area contributed by atoms with Crippen LogP contribution in [0.3, 0.4) is 0 Å². The number of nitrogens with zero attached hydrogens (tertiary/aromatic N) is 4. The van der Waals surface area contributed by atoms with E-state index in [4.69, 9.17) is 5.11 Å². The van der Waals surface area contributed by atoms with Crippen molar-refractivity contribution in [3.63, 3.8) is 0 Å². The zero-order valence-corrected chi connectivity index (χ0v) is 10.6. The number of hydrogen-bond donors (Lipinski definition) is 1. The van der Waals surface area contributed by atoms with Crippen molar-refractivity contribution < 1.29 is 9.90 Å². The van der Waals surface area contributed by atoms with Gasteiger partial charge in [-0.25, -0.2) is 9.48 Å². The minimum Gasteiger partial charge on any atom is -0.480 e. The van der Waals surface area contributed by atoms with E-state index in [-0.39, 0.29) is 12.4 Å². The number of carbonyl (C=O) groups is 1. The van der Waals surface area contributed by atoms with Crippen LogP contribution in [0.25, 0.3) is 0 Å². The standard InChI is InChI=1S/C10H16N4O4/c1-4-5-14(6-7(15)16)8-9(17)12(2)10(18)13(3)11-8/h4-6H2,1-3H3,(H,15,16). The molecule has 0 spiro atoms. The van der Waals surface area contributed by atoms with Crippen molar-refractivity contribution in [1.29, 1.82) is 0 Å². The fourth-order valence-corrected chi connectivity index (χ4v) is 1.57. The molecule has 0 aliphatic rings. The van der Waals surface area contributed by atoms with Crippen molar-refractivity contribution in [3.8, 4) is 0 Å². The van der Waals surface area contributed by atoms with E-state index < -0.39 is 17.2 Å². The Hall–Kier alpha value is -2.12. The largest absolute Gasteiger partial charge is 0.480 e. The topological polar surface area (TPSA) is 97.4 Å². The van der Waals surface area contributed by atoms with Crippen molar-refractivity contribution >= 4 is 11.8 Å². The average Bonchev–Trinajstić information content (AvgIpc) is 2.30. The van der Waals surface area contributed by atoms with Gasteiger partial charge in [0, 0.05) is 20.6 Å². The third-order valence-corrected chi connectivity index (χ3v) is 2.42. The molecule has 18 heavy (non-hydrogen) atoms. The average molecular weight is 256 g/mol. The molecule has 0 fully saturated rings. The van der Waals surface area contributed by atoms with Crippen molar-refractivity contribution in [2.24, 2.45) is 14.1 Å². The second kappa shape index (κ2) is 5.48. The lowest BCUT2D eigenvalue weighted by molar-refractivity contribution is -0.135. The SMILES string of the molecule is CCCN(CC(=O)O)c1nn(C)c(=O)n(C)c1=O. The summed E-state index contributed by atoms with van der Waals surface area (Å²) >= 11 is 0. The smallest absolute Gasteiger partial charge is 0.346 e. The Kier molecular flexibility index (Phi) is 4.24. The van der Waals surface area contributed by atoms with Gasteiger partial charge in [-0.15, -0.1) is 5.10 Å². The van der Waals surface area contributed by atoms with Crippen LogP contribution in [0.5, 0.6) is 0 Å². The van der Waals surface area contributed by atoms with Crippen molar-refractivity contribution in [1.82, 2.24) is 14.3 Å². The molecule has 1 N–H and O–H groups in total. The summed E-state index contributed by atoms with van der Waals surface area (Å²) in [6.45, 7) is 1.92. The highest BCUT2D eigenvalue weighted by Gasteiger charge is 2.17. The lowest BCUT2D eigenvalue weighted by atomic mass is 10.4. The van der Waals surface area contributed by atoms with Gasteiger partial charge in [-0.05, 0) is 6.42 Å². The summed E-state index contributed by atoms with van der Waals surface area (Å²) in [4.78, 5) is 35.5. The van der Waals surface area contributed by atoms with Crippen LogP contribution in [0.4, 0.5) is 5.82 Å². The Morgan fingerprint density at radius 3 is 2.50 bits per heavy atom. The fraction of sp³-hybridized carbons (Fsp3) is 0.600. The third kappa shape index (κ3) is 2.76. The monoisotopic (exact) mass is 256 g/mol.